The number of carbonyl (C=O) groups is 1. The van der Waals surface area contributed by atoms with Gasteiger partial charge in [0.05, 0.1) is 6.54 Å². The zero-order chi connectivity index (χ0) is 21.1. The minimum atomic E-state index is -3.53. The van der Waals surface area contributed by atoms with E-state index in [2.05, 4.69) is 25.3 Å². The maximum Gasteiger partial charge on any atom is 0.252 e. The Bertz CT molecular complexity index is 978. The quantitative estimate of drug-likeness (QED) is 0.708. The van der Waals surface area contributed by atoms with Gasteiger partial charge in [-0.25, -0.2) is 8.42 Å². The number of hydrogen-bond donors (Lipinski definition) is 1. The van der Waals surface area contributed by atoms with Gasteiger partial charge < -0.3 is 15.1 Å². The highest BCUT2D eigenvalue weighted by molar-refractivity contribution is 7.91. The normalized spacial score (nSPS) is 18.0. The van der Waals surface area contributed by atoms with E-state index in [1.807, 2.05) is 12.1 Å². The number of amides is 1. The van der Waals surface area contributed by atoms with E-state index in [9.17, 15) is 13.2 Å². The first-order valence-electron chi connectivity index (χ1n) is 10.1. The first-order valence-corrected chi connectivity index (χ1v) is 12.4. The van der Waals surface area contributed by atoms with Crippen LogP contribution in [0.4, 0.5) is 11.6 Å². The van der Waals surface area contributed by atoms with Crippen LogP contribution < -0.4 is 15.1 Å². The third-order valence-electron chi connectivity index (χ3n) is 5.37. The second-order valence-corrected chi connectivity index (χ2v) is 10.8. The van der Waals surface area contributed by atoms with Crippen molar-refractivity contribution >= 4 is 38.9 Å². The second kappa shape index (κ2) is 8.86. The zero-order valence-corrected chi connectivity index (χ0v) is 18.6. The molecule has 30 heavy (non-hydrogen) atoms. The lowest BCUT2D eigenvalue weighted by atomic mass is 10.3. The van der Waals surface area contributed by atoms with Gasteiger partial charge in [-0.1, -0.05) is 0 Å². The maximum atomic E-state index is 13.0. The van der Waals surface area contributed by atoms with Crippen LogP contribution >= 0.6 is 11.3 Å². The Balaban J connectivity index is 1.36. The number of aromatic nitrogens is 2. The summed E-state index contributed by atoms with van der Waals surface area (Å²) in [6, 6.07) is 7.34. The standard InChI is InChI=1S/C19H26N6O3S2/c1-15(26)20-14-16-4-7-19(29-16)30(27,28)25-12-10-24(11-13-25)18-6-5-17(21-22-18)23-8-2-3-9-23/h4-7H,2-3,8-14H2,1H3,(H,20,26). The molecule has 9 nitrogen and oxygen atoms in total. The van der Waals surface area contributed by atoms with Crippen molar-refractivity contribution in [3.63, 3.8) is 0 Å². The average molecular weight is 451 g/mol. The van der Waals surface area contributed by atoms with Crippen molar-refractivity contribution < 1.29 is 13.2 Å². The fourth-order valence-corrected chi connectivity index (χ4v) is 6.56. The molecule has 4 rings (SSSR count). The van der Waals surface area contributed by atoms with Crippen LogP contribution in [0.5, 0.6) is 0 Å². The van der Waals surface area contributed by atoms with E-state index < -0.39 is 10.0 Å². The minimum Gasteiger partial charge on any atom is -0.355 e. The van der Waals surface area contributed by atoms with Crippen molar-refractivity contribution in [3.8, 4) is 0 Å². The van der Waals surface area contributed by atoms with Crippen LogP contribution in [-0.2, 0) is 21.4 Å². The molecule has 11 heteroatoms. The summed E-state index contributed by atoms with van der Waals surface area (Å²) in [5, 5.41) is 11.4. The summed E-state index contributed by atoms with van der Waals surface area (Å²) >= 11 is 1.20. The highest BCUT2D eigenvalue weighted by Gasteiger charge is 2.30. The zero-order valence-electron chi connectivity index (χ0n) is 17.0. The highest BCUT2D eigenvalue weighted by Crippen LogP contribution is 2.27. The predicted molar refractivity (Wildman–Crippen MR) is 116 cm³/mol. The molecule has 0 radical (unpaired) electrons. The van der Waals surface area contributed by atoms with E-state index in [0.717, 1.165) is 29.6 Å². The van der Waals surface area contributed by atoms with Crippen molar-refractivity contribution in [2.24, 2.45) is 0 Å². The van der Waals surface area contributed by atoms with Crippen LogP contribution in [0.15, 0.2) is 28.5 Å². The molecule has 0 spiro atoms. The van der Waals surface area contributed by atoms with Gasteiger partial charge in [0.25, 0.3) is 10.0 Å². The number of sulfonamides is 1. The third kappa shape index (κ3) is 4.57. The molecule has 0 saturated carbocycles. The number of nitrogens with one attached hydrogen (secondary N) is 1. The molecule has 4 heterocycles. The van der Waals surface area contributed by atoms with Crippen LogP contribution in [-0.4, -0.2) is 68.1 Å². The molecule has 0 unspecified atom stereocenters. The van der Waals surface area contributed by atoms with Crippen LogP contribution in [0.2, 0.25) is 0 Å². The summed E-state index contributed by atoms with van der Waals surface area (Å²) in [6.07, 6.45) is 2.39. The average Bonchev–Trinajstić information content (AvgIpc) is 3.45. The maximum absolute atomic E-state index is 13.0. The van der Waals surface area contributed by atoms with Crippen molar-refractivity contribution in [1.82, 2.24) is 19.8 Å². The largest absolute Gasteiger partial charge is 0.355 e. The van der Waals surface area contributed by atoms with E-state index in [4.69, 9.17) is 0 Å². The summed E-state index contributed by atoms with van der Waals surface area (Å²) in [7, 11) is -3.53. The van der Waals surface area contributed by atoms with Gasteiger partial charge in [0, 0.05) is 51.1 Å². The summed E-state index contributed by atoms with van der Waals surface area (Å²) in [5.74, 6) is 1.55. The molecule has 2 fully saturated rings. The van der Waals surface area contributed by atoms with Gasteiger partial charge in [0.1, 0.15) is 4.21 Å². The van der Waals surface area contributed by atoms with Gasteiger partial charge >= 0.3 is 0 Å². The summed E-state index contributed by atoms with van der Waals surface area (Å²) < 4.78 is 27.8. The Kier molecular flexibility index (Phi) is 6.21. The van der Waals surface area contributed by atoms with E-state index in [-0.39, 0.29) is 5.91 Å². The summed E-state index contributed by atoms with van der Waals surface area (Å²) in [4.78, 5) is 16.2. The molecule has 1 amide bonds. The van der Waals surface area contributed by atoms with Gasteiger partial charge in [-0.05, 0) is 37.1 Å². The smallest absolute Gasteiger partial charge is 0.252 e. The van der Waals surface area contributed by atoms with Crippen molar-refractivity contribution in [3.05, 3.63) is 29.1 Å². The number of rotatable bonds is 6. The Hall–Kier alpha value is -2.24. The molecular weight excluding hydrogens is 424 g/mol. The number of carbonyl (C=O) groups excluding carboxylic acids is 1. The molecule has 1 N–H and O–H groups in total. The van der Waals surface area contributed by atoms with Crippen LogP contribution in [0.3, 0.4) is 0 Å². The van der Waals surface area contributed by atoms with Crippen molar-refractivity contribution in [1.29, 1.82) is 0 Å². The lowest BCUT2D eigenvalue weighted by Gasteiger charge is -2.34. The third-order valence-corrected chi connectivity index (χ3v) is 8.82. The number of nitrogens with zero attached hydrogens (tertiary/aromatic N) is 5. The molecule has 0 bridgehead atoms. The highest BCUT2D eigenvalue weighted by atomic mass is 32.2. The molecule has 0 atom stereocenters. The summed E-state index contributed by atoms with van der Waals surface area (Å²) in [6.45, 7) is 5.78. The number of thiophene rings is 1. The molecule has 2 aliphatic heterocycles. The van der Waals surface area contributed by atoms with Gasteiger partial charge in [0.15, 0.2) is 11.6 Å². The van der Waals surface area contributed by atoms with Crippen molar-refractivity contribution in [2.75, 3.05) is 49.1 Å². The molecule has 162 valence electrons. The lowest BCUT2D eigenvalue weighted by molar-refractivity contribution is -0.119. The van der Waals surface area contributed by atoms with Gasteiger partial charge in [-0.3, -0.25) is 4.79 Å². The van der Waals surface area contributed by atoms with Crippen molar-refractivity contribution in [2.45, 2.75) is 30.5 Å². The molecule has 2 saturated heterocycles. The van der Waals surface area contributed by atoms with Crippen LogP contribution in [0.25, 0.3) is 0 Å². The number of hydrogen-bond acceptors (Lipinski definition) is 8. The fraction of sp³-hybridized carbons (Fsp3) is 0.526. The van der Waals surface area contributed by atoms with Gasteiger partial charge in [-0.15, -0.1) is 21.5 Å². The molecule has 2 aromatic heterocycles. The first-order chi connectivity index (χ1) is 14.4. The number of anilines is 2. The molecule has 2 aromatic rings. The minimum absolute atomic E-state index is 0.138. The predicted octanol–water partition coefficient (Wildman–Crippen LogP) is 1.29. The van der Waals surface area contributed by atoms with E-state index >= 15 is 0 Å². The van der Waals surface area contributed by atoms with Crippen LogP contribution in [0.1, 0.15) is 24.6 Å². The van der Waals surface area contributed by atoms with E-state index in [1.54, 1.807) is 12.1 Å². The van der Waals surface area contributed by atoms with Gasteiger partial charge in [0.2, 0.25) is 5.91 Å². The Morgan fingerprint density at radius 3 is 2.13 bits per heavy atom. The number of piperazine rings is 1. The van der Waals surface area contributed by atoms with Gasteiger partial charge in [-0.2, -0.15) is 4.31 Å². The Morgan fingerprint density at radius 2 is 1.57 bits per heavy atom. The van der Waals surface area contributed by atoms with Crippen LogP contribution in [0, 0.1) is 0 Å². The monoisotopic (exact) mass is 450 g/mol. The molecule has 0 aromatic carbocycles. The topological polar surface area (TPSA) is 98.7 Å². The molecule has 2 aliphatic rings. The van der Waals surface area contributed by atoms with E-state index in [0.29, 0.717) is 36.9 Å². The van der Waals surface area contributed by atoms with E-state index in [1.165, 1.54) is 35.4 Å². The molecule has 0 aliphatic carbocycles. The first kappa shape index (κ1) is 21.0. The lowest BCUT2D eigenvalue weighted by Crippen LogP contribution is -2.48. The summed E-state index contributed by atoms with van der Waals surface area (Å²) in [5.41, 5.74) is 0. The Labute approximate surface area is 180 Å². The fourth-order valence-electron chi connectivity index (χ4n) is 3.69. The Morgan fingerprint density at radius 1 is 0.967 bits per heavy atom. The SMILES string of the molecule is CC(=O)NCc1ccc(S(=O)(=O)N2CCN(c3ccc(N4CCCC4)nn3)CC2)s1. The molecular formula is C19H26N6O3S2. The second-order valence-electron chi connectivity index (χ2n) is 7.47.